The van der Waals surface area contributed by atoms with Crippen LogP contribution in [0.1, 0.15) is 17.3 Å². The average Bonchev–Trinajstić information content (AvgIpc) is 2.67. The normalized spacial score (nSPS) is 9.96. The second kappa shape index (κ2) is 9.96. The number of benzene rings is 2. The van der Waals surface area contributed by atoms with Gasteiger partial charge in [0.25, 0.3) is 5.91 Å². The number of anilines is 2. The molecule has 2 aromatic rings. The highest BCUT2D eigenvalue weighted by Crippen LogP contribution is 2.17. The molecule has 3 amide bonds. The minimum absolute atomic E-state index is 0.133. The van der Waals surface area contributed by atoms with Gasteiger partial charge in [-0.2, -0.15) is 0 Å². The summed E-state index contributed by atoms with van der Waals surface area (Å²) in [6.45, 7) is 1.81. The highest BCUT2D eigenvalue weighted by molar-refractivity contribution is 6.00. The molecule has 0 unspecified atom stereocenters. The third-order valence-electron chi connectivity index (χ3n) is 3.71. The van der Waals surface area contributed by atoms with E-state index in [9.17, 15) is 14.4 Å². The first-order chi connectivity index (χ1) is 13.4. The number of carbonyl (C=O) groups is 3. The molecule has 0 bridgehead atoms. The molecule has 28 heavy (non-hydrogen) atoms. The SMILES string of the molecule is CCOC(=O)Nc1cccc(C(=O)N(C)CC(=O)Nc2cccc(OC)c2)c1. The van der Waals surface area contributed by atoms with Gasteiger partial charge in [0, 0.05) is 30.1 Å². The Kier molecular flexibility index (Phi) is 7.38. The van der Waals surface area contributed by atoms with Crippen LogP contribution in [0, 0.1) is 0 Å². The molecule has 0 aliphatic carbocycles. The zero-order valence-corrected chi connectivity index (χ0v) is 16.0. The Morgan fingerprint density at radius 2 is 1.68 bits per heavy atom. The van der Waals surface area contributed by atoms with Crippen molar-refractivity contribution >= 4 is 29.3 Å². The molecule has 0 saturated heterocycles. The van der Waals surface area contributed by atoms with Crippen molar-refractivity contribution in [2.45, 2.75) is 6.92 Å². The molecule has 0 fully saturated rings. The number of likely N-dealkylation sites (N-methyl/N-ethyl adjacent to an activating group) is 1. The molecule has 0 aliphatic heterocycles. The molecule has 2 rings (SSSR count). The zero-order chi connectivity index (χ0) is 20.5. The van der Waals surface area contributed by atoms with Crippen molar-refractivity contribution in [2.24, 2.45) is 0 Å². The lowest BCUT2D eigenvalue weighted by molar-refractivity contribution is -0.116. The second-order valence-electron chi connectivity index (χ2n) is 5.87. The van der Waals surface area contributed by atoms with Gasteiger partial charge in [0.1, 0.15) is 5.75 Å². The molecular weight excluding hydrogens is 362 g/mol. The van der Waals surface area contributed by atoms with Gasteiger partial charge in [-0.15, -0.1) is 0 Å². The van der Waals surface area contributed by atoms with E-state index in [-0.39, 0.29) is 25.0 Å². The van der Waals surface area contributed by atoms with Crippen molar-refractivity contribution in [3.63, 3.8) is 0 Å². The summed E-state index contributed by atoms with van der Waals surface area (Å²) in [5, 5.41) is 5.26. The first kappa shape index (κ1) is 20.8. The van der Waals surface area contributed by atoms with Gasteiger partial charge in [-0.25, -0.2) is 4.79 Å². The summed E-state index contributed by atoms with van der Waals surface area (Å²) in [6.07, 6.45) is -0.599. The molecule has 0 heterocycles. The number of rotatable bonds is 7. The van der Waals surface area contributed by atoms with E-state index in [1.807, 2.05) is 0 Å². The van der Waals surface area contributed by atoms with E-state index in [0.717, 1.165) is 0 Å². The van der Waals surface area contributed by atoms with Crippen LogP contribution in [-0.2, 0) is 9.53 Å². The van der Waals surface area contributed by atoms with Crippen molar-refractivity contribution in [3.8, 4) is 5.75 Å². The maximum atomic E-state index is 12.6. The van der Waals surface area contributed by atoms with Gasteiger partial charge in [0.15, 0.2) is 0 Å². The molecule has 0 aliphatic rings. The third-order valence-corrected chi connectivity index (χ3v) is 3.71. The van der Waals surface area contributed by atoms with Crippen molar-refractivity contribution in [1.82, 2.24) is 4.90 Å². The van der Waals surface area contributed by atoms with Gasteiger partial charge in [-0.1, -0.05) is 12.1 Å². The van der Waals surface area contributed by atoms with Crippen LogP contribution in [0.2, 0.25) is 0 Å². The van der Waals surface area contributed by atoms with Gasteiger partial charge >= 0.3 is 6.09 Å². The van der Waals surface area contributed by atoms with Crippen molar-refractivity contribution < 1.29 is 23.9 Å². The lowest BCUT2D eigenvalue weighted by Gasteiger charge is -2.17. The Morgan fingerprint density at radius 1 is 1.00 bits per heavy atom. The first-order valence-corrected chi connectivity index (χ1v) is 8.66. The van der Waals surface area contributed by atoms with E-state index in [2.05, 4.69) is 10.6 Å². The molecule has 0 aromatic heterocycles. The maximum Gasteiger partial charge on any atom is 0.411 e. The first-order valence-electron chi connectivity index (χ1n) is 8.66. The third kappa shape index (κ3) is 6.01. The molecule has 0 saturated carbocycles. The largest absolute Gasteiger partial charge is 0.497 e. The summed E-state index contributed by atoms with van der Waals surface area (Å²) in [5.74, 6) is -0.0775. The Bertz CT molecular complexity index is 853. The van der Waals surface area contributed by atoms with Gasteiger partial charge < -0.3 is 19.7 Å². The number of nitrogens with zero attached hydrogens (tertiary/aromatic N) is 1. The van der Waals surface area contributed by atoms with Crippen LogP contribution < -0.4 is 15.4 Å². The number of carbonyl (C=O) groups excluding carboxylic acids is 3. The van der Waals surface area contributed by atoms with Crippen molar-refractivity contribution in [2.75, 3.05) is 37.9 Å². The molecule has 2 aromatic carbocycles. The summed E-state index contributed by atoms with van der Waals surface area (Å²) < 4.78 is 9.92. The Hall–Kier alpha value is -3.55. The Morgan fingerprint density at radius 3 is 2.36 bits per heavy atom. The average molecular weight is 385 g/mol. The second-order valence-corrected chi connectivity index (χ2v) is 5.87. The minimum atomic E-state index is -0.599. The summed E-state index contributed by atoms with van der Waals surface area (Å²) in [5.41, 5.74) is 1.34. The van der Waals surface area contributed by atoms with Crippen molar-refractivity contribution in [3.05, 3.63) is 54.1 Å². The van der Waals surface area contributed by atoms with Crippen LogP contribution in [0.4, 0.5) is 16.2 Å². The molecule has 2 N–H and O–H groups in total. The topological polar surface area (TPSA) is 97.0 Å². The van der Waals surface area contributed by atoms with Gasteiger partial charge in [0.05, 0.1) is 20.3 Å². The Labute approximate surface area is 163 Å². The smallest absolute Gasteiger partial charge is 0.411 e. The fourth-order valence-corrected chi connectivity index (χ4v) is 2.42. The predicted octanol–water partition coefficient (Wildman–Crippen LogP) is 2.97. The standard InChI is InChI=1S/C20H23N3O5/c1-4-28-20(26)22-15-8-5-7-14(11-15)19(25)23(2)13-18(24)21-16-9-6-10-17(12-16)27-3/h5-12H,4,13H2,1-3H3,(H,21,24)(H,22,26). The van der Waals surface area contributed by atoms with Crippen LogP contribution in [-0.4, -0.2) is 50.1 Å². The number of ether oxygens (including phenoxy) is 2. The van der Waals surface area contributed by atoms with Crippen LogP contribution in [0.5, 0.6) is 5.75 Å². The summed E-state index contributed by atoms with van der Waals surface area (Å²) in [6, 6.07) is 13.3. The van der Waals surface area contributed by atoms with Gasteiger partial charge in [-0.05, 0) is 37.3 Å². The lowest BCUT2D eigenvalue weighted by Crippen LogP contribution is -2.35. The maximum absolute atomic E-state index is 12.6. The number of hydrogen-bond acceptors (Lipinski definition) is 5. The fourth-order valence-electron chi connectivity index (χ4n) is 2.42. The summed E-state index contributed by atoms with van der Waals surface area (Å²) in [4.78, 5) is 37.6. The quantitative estimate of drug-likeness (QED) is 0.764. The monoisotopic (exact) mass is 385 g/mol. The van der Waals surface area contributed by atoms with E-state index >= 15 is 0 Å². The van der Waals surface area contributed by atoms with E-state index in [1.165, 1.54) is 25.1 Å². The zero-order valence-electron chi connectivity index (χ0n) is 16.0. The number of nitrogens with one attached hydrogen (secondary N) is 2. The molecule has 8 heteroatoms. The van der Waals surface area contributed by atoms with Crippen LogP contribution in [0.15, 0.2) is 48.5 Å². The van der Waals surface area contributed by atoms with Crippen molar-refractivity contribution in [1.29, 1.82) is 0 Å². The van der Waals surface area contributed by atoms with E-state index in [4.69, 9.17) is 9.47 Å². The molecule has 0 atom stereocenters. The molecular formula is C20H23N3O5. The Balaban J connectivity index is 1.97. The van der Waals surface area contributed by atoms with E-state index < -0.39 is 6.09 Å². The van der Waals surface area contributed by atoms with Gasteiger partial charge in [-0.3, -0.25) is 14.9 Å². The molecule has 0 spiro atoms. The minimum Gasteiger partial charge on any atom is -0.497 e. The number of amides is 3. The molecule has 148 valence electrons. The number of hydrogen-bond donors (Lipinski definition) is 2. The van der Waals surface area contributed by atoms with Crippen LogP contribution >= 0.6 is 0 Å². The number of methoxy groups -OCH3 is 1. The molecule has 8 nitrogen and oxygen atoms in total. The summed E-state index contributed by atoms with van der Waals surface area (Å²) >= 11 is 0. The highest BCUT2D eigenvalue weighted by Gasteiger charge is 2.16. The molecule has 0 radical (unpaired) electrons. The fraction of sp³-hybridized carbons (Fsp3) is 0.250. The van der Waals surface area contributed by atoms with E-state index in [0.29, 0.717) is 22.7 Å². The predicted molar refractivity (Wildman–Crippen MR) is 106 cm³/mol. The van der Waals surface area contributed by atoms with Crippen LogP contribution in [0.25, 0.3) is 0 Å². The van der Waals surface area contributed by atoms with Crippen LogP contribution in [0.3, 0.4) is 0 Å². The lowest BCUT2D eigenvalue weighted by atomic mass is 10.1. The van der Waals surface area contributed by atoms with E-state index in [1.54, 1.807) is 49.4 Å². The summed E-state index contributed by atoms with van der Waals surface area (Å²) in [7, 11) is 3.07. The highest BCUT2D eigenvalue weighted by atomic mass is 16.5. The van der Waals surface area contributed by atoms with Gasteiger partial charge in [0.2, 0.25) is 5.91 Å².